The number of hydrogen-bond acceptors (Lipinski definition) is 5. The maximum atomic E-state index is 13.0. The van der Waals surface area contributed by atoms with Gasteiger partial charge in [0.2, 0.25) is 5.91 Å². The molecule has 0 unspecified atom stereocenters. The maximum Gasteiger partial charge on any atom is 0.238 e. The lowest BCUT2D eigenvalue weighted by atomic mass is 10.0. The van der Waals surface area contributed by atoms with Crippen LogP contribution in [0.25, 0.3) is 17.1 Å². The highest BCUT2D eigenvalue weighted by atomic mass is 35.5. The van der Waals surface area contributed by atoms with Crippen LogP contribution in [-0.4, -0.2) is 63.2 Å². The van der Waals surface area contributed by atoms with E-state index < -0.39 is 0 Å². The van der Waals surface area contributed by atoms with Crippen molar-refractivity contribution in [2.45, 2.75) is 25.8 Å². The van der Waals surface area contributed by atoms with E-state index in [4.69, 9.17) is 11.6 Å². The summed E-state index contributed by atoms with van der Waals surface area (Å²) in [4.78, 5) is 17.7. The van der Waals surface area contributed by atoms with Crippen molar-refractivity contribution < 1.29 is 4.79 Å². The number of amides is 1. The van der Waals surface area contributed by atoms with E-state index >= 15 is 0 Å². The number of fused-ring (bicyclic) bond motifs is 3. The Hall–Kier alpha value is -3.52. The lowest BCUT2D eigenvalue weighted by Crippen LogP contribution is -2.36. The summed E-state index contributed by atoms with van der Waals surface area (Å²) in [5, 5.41) is 12.8. The average Bonchev–Trinajstić information content (AvgIpc) is 3.25. The van der Waals surface area contributed by atoms with Gasteiger partial charge in [-0.1, -0.05) is 54.1 Å². The number of nitrogens with one attached hydrogen (secondary N) is 1. The van der Waals surface area contributed by atoms with Crippen molar-refractivity contribution in [3.63, 3.8) is 0 Å². The molecule has 38 heavy (non-hydrogen) atoms. The zero-order chi connectivity index (χ0) is 25.9. The molecular weight excluding hydrogens is 496 g/mol. The fourth-order valence-corrected chi connectivity index (χ4v) is 5.68. The van der Waals surface area contributed by atoms with Gasteiger partial charge in [-0.15, -0.1) is 10.2 Å². The number of aromatic nitrogens is 3. The molecule has 3 heterocycles. The van der Waals surface area contributed by atoms with E-state index in [1.54, 1.807) is 0 Å². The summed E-state index contributed by atoms with van der Waals surface area (Å²) >= 11 is 6.15. The third kappa shape index (κ3) is 5.50. The monoisotopic (exact) mass is 526 g/mol. The lowest BCUT2D eigenvalue weighted by molar-refractivity contribution is -0.117. The van der Waals surface area contributed by atoms with Gasteiger partial charge in [-0.05, 0) is 67.4 Å². The molecule has 0 atom stereocenters. The Labute approximate surface area is 228 Å². The molecule has 0 saturated carbocycles. The molecular formula is C30H31ClN6O. The number of carbonyl (C=O) groups is 1. The molecule has 194 valence electrons. The number of nitrogens with zero attached hydrogens (tertiary/aromatic N) is 5. The fourth-order valence-electron chi connectivity index (χ4n) is 5.47. The number of rotatable bonds is 6. The third-order valence-corrected chi connectivity index (χ3v) is 7.56. The number of aryl methyl sites for hydroxylation is 2. The van der Waals surface area contributed by atoms with Crippen LogP contribution in [0.2, 0.25) is 5.02 Å². The molecule has 7 nitrogen and oxygen atoms in total. The summed E-state index contributed by atoms with van der Waals surface area (Å²) in [6, 6.07) is 24.3. The van der Waals surface area contributed by atoms with Gasteiger partial charge >= 0.3 is 0 Å². The van der Waals surface area contributed by atoms with E-state index in [2.05, 4.69) is 60.2 Å². The van der Waals surface area contributed by atoms with Gasteiger partial charge in [0.1, 0.15) is 5.82 Å². The van der Waals surface area contributed by atoms with Crippen LogP contribution in [0.5, 0.6) is 0 Å². The van der Waals surface area contributed by atoms with Gasteiger partial charge in [0.15, 0.2) is 5.82 Å². The minimum absolute atomic E-state index is 0.0269. The third-order valence-electron chi connectivity index (χ3n) is 7.33. The molecule has 2 aliphatic rings. The molecule has 1 N–H and O–H groups in total. The second kappa shape index (κ2) is 11.1. The molecule has 3 aromatic carbocycles. The van der Waals surface area contributed by atoms with Crippen LogP contribution in [0.4, 0.5) is 5.69 Å². The largest absolute Gasteiger partial charge is 0.325 e. The predicted molar refractivity (Wildman–Crippen MR) is 151 cm³/mol. The molecule has 6 rings (SSSR count). The van der Waals surface area contributed by atoms with E-state index in [1.807, 2.05) is 42.5 Å². The molecule has 0 bridgehead atoms. The average molecular weight is 527 g/mol. The number of halogens is 1. The highest BCUT2D eigenvalue weighted by Crippen LogP contribution is 2.31. The summed E-state index contributed by atoms with van der Waals surface area (Å²) in [7, 11) is 0. The highest BCUT2D eigenvalue weighted by Gasteiger charge is 2.23. The number of carbonyl (C=O) groups excluding carboxylic acids is 1. The Balaban J connectivity index is 1.08. The second-order valence-corrected chi connectivity index (χ2v) is 10.5. The predicted octanol–water partition coefficient (Wildman–Crippen LogP) is 4.83. The Morgan fingerprint density at radius 1 is 0.868 bits per heavy atom. The molecule has 1 fully saturated rings. The summed E-state index contributed by atoms with van der Waals surface area (Å²) in [5.41, 5.74) is 5.38. The summed E-state index contributed by atoms with van der Waals surface area (Å²) in [6.45, 7) is 5.03. The minimum Gasteiger partial charge on any atom is -0.325 e. The molecule has 1 saturated heterocycles. The van der Waals surface area contributed by atoms with Gasteiger partial charge in [0.25, 0.3) is 0 Å². The summed E-state index contributed by atoms with van der Waals surface area (Å²) < 4.78 is 2.14. The van der Waals surface area contributed by atoms with Gasteiger partial charge in [0, 0.05) is 42.3 Å². The van der Waals surface area contributed by atoms with E-state index in [0.29, 0.717) is 6.54 Å². The Morgan fingerprint density at radius 2 is 1.71 bits per heavy atom. The Morgan fingerprint density at radius 3 is 2.58 bits per heavy atom. The van der Waals surface area contributed by atoms with Crippen molar-refractivity contribution in [3.8, 4) is 17.1 Å². The van der Waals surface area contributed by atoms with Crippen molar-refractivity contribution >= 4 is 23.2 Å². The first-order valence-electron chi connectivity index (χ1n) is 13.2. The van der Waals surface area contributed by atoms with Crippen LogP contribution in [0.15, 0.2) is 72.8 Å². The lowest BCUT2D eigenvalue weighted by Gasteiger charge is -2.22. The molecule has 0 spiro atoms. The van der Waals surface area contributed by atoms with Crippen LogP contribution < -0.4 is 5.32 Å². The van der Waals surface area contributed by atoms with Crippen LogP contribution in [0, 0.1) is 0 Å². The molecule has 8 heteroatoms. The van der Waals surface area contributed by atoms with Gasteiger partial charge in [0.05, 0.1) is 12.2 Å². The first-order valence-corrected chi connectivity index (χ1v) is 13.6. The fraction of sp³-hybridized carbons (Fsp3) is 0.300. The van der Waals surface area contributed by atoms with E-state index in [-0.39, 0.29) is 5.91 Å². The van der Waals surface area contributed by atoms with Crippen LogP contribution in [0.3, 0.4) is 0 Å². The minimum atomic E-state index is 0.0269. The topological polar surface area (TPSA) is 66.3 Å². The zero-order valence-electron chi connectivity index (χ0n) is 21.3. The van der Waals surface area contributed by atoms with Crippen molar-refractivity contribution in [1.82, 2.24) is 24.6 Å². The number of benzene rings is 3. The first-order chi connectivity index (χ1) is 18.6. The van der Waals surface area contributed by atoms with Gasteiger partial charge < -0.3 is 5.32 Å². The molecule has 2 aliphatic heterocycles. The van der Waals surface area contributed by atoms with Gasteiger partial charge in [-0.2, -0.15) is 0 Å². The summed E-state index contributed by atoms with van der Waals surface area (Å²) in [6.07, 6.45) is 2.74. The Kier molecular flexibility index (Phi) is 7.22. The van der Waals surface area contributed by atoms with Crippen molar-refractivity contribution in [2.75, 3.05) is 38.0 Å². The maximum absolute atomic E-state index is 13.0. The van der Waals surface area contributed by atoms with Gasteiger partial charge in [-0.3, -0.25) is 19.2 Å². The van der Waals surface area contributed by atoms with E-state index in [9.17, 15) is 4.79 Å². The number of anilines is 1. The SMILES string of the molecule is O=C(CN1CCCN(Cc2cccc(Cl)c2)CC1)Nc1ccc2c(c1)CCc1nnc(-c3ccccc3)n1-2. The van der Waals surface area contributed by atoms with Crippen LogP contribution in [-0.2, 0) is 24.2 Å². The Bertz CT molecular complexity index is 1440. The molecule has 1 amide bonds. The van der Waals surface area contributed by atoms with Crippen LogP contribution >= 0.6 is 11.6 Å². The van der Waals surface area contributed by atoms with Gasteiger partial charge in [-0.25, -0.2) is 0 Å². The first kappa shape index (κ1) is 24.8. The molecule has 0 aliphatic carbocycles. The highest BCUT2D eigenvalue weighted by molar-refractivity contribution is 6.30. The van der Waals surface area contributed by atoms with Crippen LogP contribution in [0.1, 0.15) is 23.4 Å². The normalized spacial score (nSPS) is 15.9. The van der Waals surface area contributed by atoms with Crippen molar-refractivity contribution in [3.05, 3.63) is 94.8 Å². The zero-order valence-corrected chi connectivity index (χ0v) is 22.1. The van der Waals surface area contributed by atoms with E-state index in [0.717, 1.165) is 85.6 Å². The number of hydrogen-bond donors (Lipinski definition) is 1. The molecule has 0 radical (unpaired) electrons. The van der Waals surface area contributed by atoms with Crippen molar-refractivity contribution in [1.29, 1.82) is 0 Å². The smallest absolute Gasteiger partial charge is 0.238 e. The van der Waals surface area contributed by atoms with Crippen molar-refractivity contribution in [2.24, 2.45) is 0 Å². The molecule has 1 aromatic heterocycles. The quantitative estimate of drug-likeness (QED) is 0.390. The molecule has 4 aromatic rings. The van der Waals surface area contributed by atoms with E-state index in [1.165, 1.54) is 11.1 Å². The second-order valence-electron chi connectivity index (χ2n) is 10.1. The summed E-state index contributed by atoms with van der Waals surface area (Å²) in [5.74, 6) is 1.85. The standard InChI is InChI=1S/C30H31ClN6O/c31-25-9-4-6-22(18-25)20-35-14-5-15-36(17-16-35)21-29(38)32-26-11-12-27-24(19-26)10-13-28-33-34-30(37(27)28)23-7-2-1-3-8-23/h1-4,6-9,11-12,18-19H,5,10,13-17,20-21H2,(H,32,38).